The van der Waals surface area contributed by atoms with Crippen LogP contribution in [-0.4, -0.2) is 17.9 Å². The van der Waals surface area contributed by atoms with Crippen LogP contribution < -0.4 is 9.47 Å². The molecule has 1 aromatic rings. The van der Waals surface area contributed by atoms with Crippen LogP contribution in [0.1, 0.15) is 16.8 Å². The Bertz CT molecular complexity index is 376. The normalized spacial score (nSPS) is 19.9. The second-order valence-corrected chi connectivity index (χ2v) is 4.04. The summed E-state index contributed by atoms with van der Waals surface area (Å²) in [6, 6.07) is 5.23. The van der Waals surface area contributed by atoms with Crippen molar-refractivity contribution in [3.05, 3.63) is 23.8 Å². The van der Waals surface area contributed by atoms with Gasteiger partial charge in [-0.1, -0.05) is 0 Å². The van der Waals surface area contributed by atoms with Gasteiger partial charge in [0, 0.05) is 0 Å². The smallest absolute Gasteiger partial charge is 0.171 e. The Balaban J connectivity index is 2.44. The van der Waals surface area contributed by atoms with E-state index in [4.69, 9.17) is 9.47 Å². The van der Waals surface area contributed by atoms with Crippen LogP contribution in [0.25, 0.3) is 0 Å². The van der Waals surface area contributed by atoms with Crippen molar-refractivity contribution >= 4 is 21.7 Å². The molecule has 4 heteroatoms. The summed E-state index contributed by atoms with van der Waals surface area (Å²) in [5.41, 5.74) is 0.597. The lowest BCUT2D eigenvalue weighted by atomic mass is 10.0. The molecular weight excluding hydrogens is 248 g/mol. The predicted molar refractivity (Wildman–Crippen MR) is 55.3 cm³/mol. The molecule has 2 rings (SSSR count). The Morgan fingerprint density at radius 3 is 3.07 bits per heavy atom. The lowest BCUT2D eigenvalue weighted by Gasteiger charge is -2.21. The van der Waals surface area contributed by atoms with Crippen molar-refractivity contribution in [3.63, 3.8) is 0 Å². The molecule has 0 amide bonds. The van der Waals surface area contributed by atoms with E-state index in [1.807, 2.05) is 0 Å². The lowest BCUT2D eigenvalue weighted by molar-refractivity contribution is 0.0920. The Labute approximate surface area is 90.1 Å². The summed E-state index contributed by atoms with van der Waals surface area (Å²) in [6.45, 7) is 0. The topological polar surface area (TPSA) is 35.5 Å². The zero-order valence-electron chi connectivity index (χ0n) is 7.62. The van der Waals surface area contributed by atoms with Crippen molar-refractivity contribution in [1.29, 1.82) is 0 Å². The second-order valence-electron chi connectivity index (χ2n) is 3.02. The first-order valence-corrected chi connectivity index (χ1v) is 5.14. The molecule has 0 aliphatic carbocycles. The number of alkyl halides is 1. The molecule has 0 aromatic heterocycles. The molecule has 0 radical (unpaired) electrons. The number of methoxy groups -OCH3 is 1. The molecule has 1 aliphatic rings. The number of benzene rings is 1. The summed E-state index contributed by atoms with van der Waals surface area (Å²) in [6.07, 6.45) is 0.361. The number of carbonyl (C=O) groups is 1. The summed E-state index contributed by atoms with van der Waals surface area (Å²) in [5.74, 6) is 1.37. The minimum atomic E-state index is -0.212. The van der Waals surface area contributed by atoms with E-state index in [-0.39, 0.29) is 10.8 Å². The molecule has 1 heterocycles. The van der Waals surface area contributed by atoms with Gasteiger partial charge in [-0.2, -0.15) is 0 Å². The fourth-order valence-corrected chi connectivity index (χ4v) is 1.89. The van der Waals surface area contributed by atoms with Crippen molar-refractivity contribution in [2.24, 2.45) is 0 Å². The summed E-state index contributed by atoms with van der Waals surface area (Å²) in [5, 5.41) is -0.212. The number of ketones is 1. The first kappa shape index (κ1) is 9.52. The first-order chi connectivity index (χ1) is 6.70. The average Bonchev–Trinajstić information content (AvgIpc) is 2.17. The third-order valence-corrected chi connectivity index (χ3v) is 2.60. The number of halogens is 1. The van der Waals surface area contributed by atoms with Crippen LogP contribution in [0.4, 0.5) is 0 Å². The number of ether oxygens (including phenoxy) is 2. The molecular formula is C10H9BrO3. The van der Waals surface area contributed by atoms with Crippen molar-refractivity contribution in [2.45, 2.75) is 11.4 Å². The van der Waals surface area contributed by atoms with Gasteiger partial charge < -0.3 is 9.47 Å². The van der Waals surface area contributed by atoms with Crippen LogP contribution >= 0.6 is 15.9 Å². The molecule has 14 heavy (non-hydrogen) atoms. The SMILES string of the molecule is COc1ccc2c(c1)C(=O)CC(Br)O2. The van der Waals surface area contributed by atoms with E-state index in [1.54, 1.807) is 25.3 Å². The molecule has 0 spiro atoms. The number of hydrogen-bond acceptors (Lipinski definition) is 3. The van der Waals surface area contributed by atoms with Crippen molar-refractivity contribution in [1.82, 2.24) is 0 Å². The summed E-state index contributed by atoms with van der Waals surface area (Å²) < 4.78 is 10.5. The van der Waals surface area contributed by atoms with Gasteiger partial charge in [0.2, 0.25) is 0 Å². The summed E-state index contributed by atoms with van der Waals surface area (Å²) >= 11 is 3.26. The van der Waals surface area contributed by atoms with Gasteiger partial charge in [-0.15, -0.1) is 0 Å². The Hall–Kier alpha value is -1.03. The van der Waals surface area contributed by atoms with Crippen LogP contribution in [0.2, 0.25) is 0 Å². The van der Waals surface area contributed by atoms with Crippen LogP contribution in [-0.2, 0) is 0 Å². The molecule has 3 nitrogen and oxygen atoms in total. The summed E-state index contributed by atoms with van der Waals surface area (Å²) in [4.78, 5) is 11.6. The van der Waals surface area contributed by atoms with Gasteiger partial charge in [-0.3, -0.25) is 4.79 Å². The van der Waals surface area contributed by atoms with Gasteiger partial charge in [0.25, 0.3) is 0 Å². The molecule has 0 fully saturated rings. The predicted octanol–water partition coefficient (Wildman–Crippen LogP) is 2.38. The molecule has 0 bridgehead atoms. The molecule has 0 N–H and O–H groups in total. The van der Waals surface area contributed by atoms with Gasteiger partial charge in [-0.05, 0) is 34.1 Å². The van der Waals surface area contributed by atoms with Crippen molar-refractivity contribution in [3.8, 4) is 11.5 Å². The number of fused-ring (bicyclic) bond motifs is 1. The largest absolute Gasteiger partial charge is 0.497 e. The zero-order chi connectivity index (χ0) is 10.1. The van der Waals surface area contributed by atoms with Crippen LogP contribution in [0.5, 0.6) is 11.5 Å². The van der Waals surface area contributed by atoms with E-state index in [1.165, 1.54) is 0 Å². The van der Waals surface area contributed by atoms with E-state index in [9.17, 15) is 4.79 Å². The highest BCUT2D eigenvalue weighted by Gasteiger charge is 2.24. The average molecular weight is 257 g/mol. The van der Waals surface area contributed by atoms with Crippen LogP contribution in [0, 0.1) is 0 Å². The third kappa shape index (κ3) is 1.62. The molecule has 1 aromatic carbocycles. The van der Waals surface area contributed by atoms with E-state index in [0.717, 1.165) is 0 Å². The van der Waals surface area contributed by atoms with E-state index in [0.29, 0.717) is 23.5 Å². The minimum Gasteiger partial charge on any atom is -0.497 e. The maximum Gasteiger partial charge on any atom is 0.171 e. The zero-order valence-corrected chi connectivity index (χ0v) is 9.21. The second kappa shape index (κ2) is 3.61. The molecule has 1 atom stereocenters. The quantitative estimate of drug-likeness (QED) is 0.724. The standard InChI is InChI=1S/C10H9BrO3/c1-13-6-2-3-9-7(4-6)8(12)5-10(11)14-9/h2-4,10H,5H2,1H3. The van der Waals surface area contributed by atoms with E-state index < -0.39 is 0 Å². The molecule has 1 unspecified atom stereocenters. The Morgan fingerprint density at radius 1 is 1.57 bits per heavy atom. The highest BCUT2D eigenvalue weighted by atomic mass is 79.9. The van der Waals surface area contributed by atoms with Crippen LogP contribution in [0.3, 0.4) is 0 Å². The van der Waals surface area contributed by atoms with Gasteiger partial charge >= 0.3 is 0 Å². The minimum absolute atomic E-state index is 0.0759. The lowest BCUT2D eigenvalue weighted by Crippen LogP contribution is -2.21. The van der Waals surface area contributed by atoms with Crippen molar-refractivity contribution in [2.75, 3.05) is 7.11 Å². The number of hydrogen-bond donors (Lipinski definition) is 0. The van der Waals surface area contributed by atoms with Gasteiger partial charge in [0.05, 0.1) is 19.1 Å². The Morgan fingerprint density at radius 2 is 2.36 bits per heavy atom. The number of carbonyl (C=O) groups excluding carboxylic acids is 1. The molecule has 1 aliphatic heterocycles. The molecule has 74 valence electrons. The number of rotatable bonds is 1. The fraction of sp³-hybridized carbons (Fsp3) is 0.300. The van der Waals surface area contributed by atoms with Gasteiger partial charge in [0.15, 0.2) is 10.8 Å². The third-order valence-electron chi connectivity index (χ3n) is 2.09. The van der Waals surface area contributed by atoms with Gasteiger partial charge in [-0.25, -0.2) is 0 Å². The molecule has 0 saturated heterocycles. The highest BCUT2D eigenvalue weighted by Crippen LogP contribution is 2.32. The van der Waals surface area contributed by atoms with Crippen LogP contribution in [0.15, 0.2) is 18.2 Å². The van der Waals surface area contributed by atoms with Gasteiger partial charge in [0.1, 0.15) is 11.5 Å². The van der Waals surface area contributed by atoms with Crippen molar-refractivity contribution < 1.29 is 14.3 Å². The maximum absolute atomic E-state index is 11.6. The highest BCUT2D eigenvalue weighted by molar-refractivity contribution is 9.09. The number of Topliss-reactive ketones (excluding diaryl/α,β-unsaturated/α-hetero) is 1. The molecule has 0 saturated carbocycles. The van der Waals surface area contributed by atoms with E-state index in [2.05, 4.69) is 15.9 Å². The first-order valence-electron chi connectivity index (χ1n) is 4.22. The Kier molecular flexibility index (Phi) is 2.46. The fourth-order valence-electron chi connectivity index (χ4n) is 1.39. The van der Waals surface area contributed by atoms with E-state index >= 15 is 0 Å². The monoisotopic (exact) mass is 256 g/mol. The summed E-state index contributed by atoms with van der Waals surface area (Å²) in [7, 11) is 1.57. The maximum atomic E-state index is 11.6.